The fourth-order valence-electron chi connectivity index (χ4n) is 1.79. The van der Waals surface area contributed by atoms with Crippen molar-refractivity contribution in [1.29, 1.82) is 0 Å². The van der Waals surface area contributed by atoms with E-state index in [-0.39, 0.29) is 9.77 Å². The van der Waals surface area contributed by atoms with Gasteiger partial charge in [-0.05, 0) is 31.5 Å². The van der Waals surface area contributed by atoms with Crippen molar-refractivity contribution in [2.45, 2.75) is 24.5 Å². The first kappa shape index (κ1) is 20.1. The summed E-state index contributed by atoms with van der Waals surface area (Å²) in [7, 11) is -0.805. The highest BCUT2D eigenvalue weighted by molar-refractivity contribution is 7.88. The average molecular weight is 372 g/mol. The van der Waals surface area contributed by atoms with Gasteiger partial charge < -0.3 is 9.88 Å². The van der Waals surface area contributed by atoms with E-state index in [4.69, 9.17) is 4.55 Å². The first-order valence-electron chi connectivity index (χ1n) is 7.02. The maximum atomic E-state index is 11.6. The number of aryl methyl sites for hydroxylation is 2. The van der Waals surface area contributed by atoms with Crippen LogP contribution in [0.3, 0.4) is 0 Å². The van der Waals surface area contributed by atoms with Crippen LogP contribution in [-0.4, -0.2) is 43.4 Å². The van der Waals surface area contributed by atoms with Crippen LogP contribution in [0.5, 0.6) is 0 Å². The molecule has 132 valence electrons. The first-order chi connectivity index (χ1) is 11.1. The maximum absolute atomic E-state index is 11.6. The van der Waals surface area contributed by atoms with Crippen molar-refractivity contribution in [2.24, 2.45) is 0 Å². The monoisotopic (exact) mass is 372 g/mol. The molecular formula is C15H20N2O5S2. The maximum Gasteiger partial charge on any atom is 0.304 e. The summed E-state index contributed by atoms with van der Waals surface area (Å²) >= 11 is 0.972. The summed E-state index contributed by atoms with van der Waals surface area (Å²) in [5.41, 5.74) is 1.96. The largest absolute Gasteiger partial charge is 0.351 e. The van der Waals surface area contributed by atoms with Crippen molar-refractivity contribution in [2.75, 3.05) is 14.1 Å². The summed E-state index contributed by atoms with van der Waals surface area (Å²) in [5.74, 6) is 0. The summed E-state index contributed by atoms with van der Waals surface area (Å²) in [5, 5.41) is 0. The molecular weight excluding hydrogens is 352 g/mol. The first-order valence-corrected chi connectivity index (χ1v) is 9.28. The molecule has 0 saturated heterocycles. The molecule has 0 bridgehead atoms. The Bertz CT molecular complexity index is 866. The van der Waals surface area contributed by atoms with Gasteiger partial charge in [-0.15, -0.1) is 11.3 Å². The van der Waals surface area contributed by atoms with Gasteiger partial charge in [-0.3, -0.25) is 14.1 Å². The minimum Gasteiger partial charge on any atom is -0.351 e. The molecule has 2 rings (SSSR count). The zero-order valence-corrected chi connectivity index (χ0v) is 15.5. The Balaban J connectivity index is 0.000000505. The number of thiophene rings is 1. The number of hydrogen-bond acceptors (Lipinski definition) is 5. The minimum atomic E-state index is -4.18. The highest BCUT2D eigenvalue weighted by Crippen LogP contribution is 2.32. The highest BCUT2D eigenvalue weighted by atomic mass is 32.3. The van der Waals surface area contributed by atoms with Crippen LogP contribution in [0.25, 0.3) is 10.4 Å². The standard InChI is InChI=1S/C12H13NO4S2.C3H7NO/c1-3-8-6-9(7(2)13-12(8)14)10-4-5-11(18-10)19(15,16)17;1-4(2)3-5/h4-6H,3H2,1-2H3,(H,13,14)(H,15,16,17);3H,1-2H3. The summed E-state index contributed by atoms with van der Waals surface area (Å²) in [6, 6.07) is 4.73. The van der Waals surface area contributed by atoms with E-state index in [1.165, 1.54) is 11.0 Å². The fourth-order valence-corrected chi connectivity index (χ4v) is 3.53. The number of nitrogens with one attached hydrogen (secondary N) is 1. The van der Waals surface area contributed by atoms with Crippen molar-refractivity contribution in [3.05, 3.63) is 39.8 Å². The van der Waals surface area contributed by atoms with Crippen LogP contribution in [-0.2, 0) is 21.3 Å². The Labute approximate surface area is 144 Å². The number of amides is 1. The summed E-state index contributed by atoms with van der Waals surface area (Å²) in [4.78, 5) is 25.9. The van der Waals surface area contributed by atoms with Gasteiger partial charge in [-0.1, -0.05) is 6.92 Å². The van der Waals surface area contributed by atoms with Crippen LogP contribution in [0.2, 0.25) is 0 Å². The highest BCUT2D eigenvalue weighted by Gasteiger charge is 2.15. The van der Waals surface area contributed by atoms with Gasteiger partial charge in [0.05, 0.1) is 0 Å². The van der Waals surface area contributed by atoms with Crippen molar-refractivity contribution >= 4 is 27.9 Å². The van der Waals surface area contributed by atoms with Gasteiger partial charge in [0.2, 0.25) is 6.41 Å². The molecule has 0 radical (unpaired) electrons. The lowest BCUT2D eigenvalue weighted by molar-refractivity contribution is -0.115. The second-order valence-electron chi connectivity index (χ2n) is 5.18. The summed E-state index contributed by atoms with van der Waals surface area (Å²) < 4.78 is 31.0. The van der Waals surface area contributed by atoms with E-state index in [1.54, 1.807) is 33.2 Å². The van der Waals surface area contributed by atoms with E-state index in [0.717, 1.165) is 23.3 Å². The third kappa shape index (κ3) is 5.29. The Kier molecular flexibility index (Phi) is 6.88. The molecule has 0 aromatic carbocycles. The average Bonchev–Trinajstić information content (AvgIpc) is 2.97. The van der Waals surface area contributed by atoms with E-state index in [9.17, 15) is 18.0 Å². The Hall–Kier alpha value is -1.97. The zero-order chi connectivity index (χ0) is 18.5. The predicted octanol–water partition coefficient (Wildman–Crippen LogP) is 1.93. The second kappa shape index (κ2) is 8.22. The molecule has 0 atom stereocenters. The fraction of sp³-hybridized carbons (Fsp3) is 0.333. The topological polar surface area (TPSA) is 108 Å². The molecule has 1 amide bonds. The van der Waals surface area contributed by atoms with Gasteiger partial charge in [-0.2, -0.15) is 8.42 Å². The number of carbonyl (C=O) groups excluding carboxylic acids is 1. The number of nitrogens with zero attached hydrogens (tertiary/aromatic N) is 1. The summed E-state index contributed by atoms with van der Waals surface area (Å²) in [6.07, 6.45) is 1.35. The molecule has 0 aliphatic heterocycles. The molecule has 2 heterocycles. The lowest BCUT2D eigenvalue weighted by Gasteiger charge is -2.05. The molecule has 0 aliphatic carbocycles. The number of rotatable bonds is 4. The molecule has 24 heavy (non-hydrogen) atoms. The van der Waals surface area contributed by atoms with Crippen LogP contribution in [0, 0.1) is 6.92 Å². The van der Waals surface area contributed by atoms with E-state index < -0.39 is 10.1 Å². The Morgan fingerprint density at radius 3 is 2.33 bits per heavy atom. The van der Waals surface area contributed by atoms with Crippen molar-refractivity contribution in [3.8, 4) is 10.4 Å². The molecule has 2 aromatic rings. The number of carbonyl (C=O) groups is 1. The Morgan fingerprint density at radius 1 is 1.33 bits per heavy atom. The van der Waals surface area contributed by atoms with Gasteiger partial charge >= 0.3 is 10.1 Å². The summed E-state index contributed by atoms with van der Waals surface area (Å²) in [6.45, 7) is 3.63. The van der Waals surface area contributed by atoms with Crippen LogP contribution in [0.1, 0.15) is 18.2 Å². The number of hydrogen-bond donors (Lipinski definition) is 2. The molecule has 0 saturated carbocycles. The Morgan fingerprint density at radius 2 is 1.92 bits per heavy atom. The van der Waals surface area contributed by atoms with Crippen LogP contribution in [0.4, 0.5) is 0 Å². The molecule has 0 unspecified atom stereocenters. The quantitative estimate of drug-likeness (QED) is 0.630. The SMILES string of the molecule is CCc1cc(-c2ccc(S(=O)(=O)O)s2)c(C)[nH]c1=O.CN(C)C=O. The molecule has 0 fully saturated rings. The van der Waals surface area contributed by atoms with Crippen LogP contribution < -0.4 is 5.56 Å². The van der Waals surface area contributed by atoms with Crippen LogP contribution in [0.15, 0.2) is 27.2 Å². The molecule has 9 heteroatoms. The van der Waals surface area contributed by atoms with Crippen molar-refractivity contribution in [1.82, 2.24) is 9.88 Å². The number of aromatic amines is 1. The lowest BCUT2D eigenvalue weighted by atomic mass is 10.1. The van der Waals surface area contributed by atoms with E-state index in [0.29, 0.717) is 22.6 Å². The normalized spacial score (nSPS) is 10.7. The lowest BCUT2D eigenvalue weighted by Crippen LogP contribution is -2.13. The second-order valence-corrected chi connectivity index (χ2v) is 7.91. The smallest absolute Gasteiger partial charge is 0.304 e. The van der Waals surface area contributed by atoms with Gasteiger partial charge in [0.1, 0.15) is 4.21 Å². The number of H-pyrrole nitrogens is 1. The van der Waals surface area contributed by atoms with Gasteiger partial charge in [0.25, 0.3) is 5.56 Å². The zero-order valence-electron chi connectivity index (χ0n) is 13.9. The van der Waals surface area contributed by atoms with Gasteiger partial charge in [0, 0.05) is 35.8 Å². The predicted molar refractivity (Wildman–Crippen MR) is 94.1 cm³/mol. The van der Waals surface area contributed by atoms with Crippen molar-refractivity contribution in [3.63, 3.8) is 0 Å². The molecule has 2 aromatic heterocycles. The minimum absolute atomic E-state index is 0.105. The molecule has 0 spiro atoms. The van der Waals surface area contributed by atoms with Crippen molar-refractivity contribution < 1.29 is 17.8 Å². The van der Waals surface area contributed by atoms with E-state index in [2.05, 4.69) is 4.98 Å². The third-order valence-corrected chi connectivity index (χ3v) is 5.45. The number of pyridine rings is 1. The molecule has 0 aliphatic rings. The van der Waals surface area contributed by atoms with Gasteiger partial charge in [-0.25, -0.2) is 0 Å². The molecule has 2 N–H and O–H groups in total. The molecule has 7 nitrogen and oxygen atoms in total. The van der Waals surface area contributed by atoms with Crippen LogP contribution >= 0.6 is 11.3 Å². The van der Waals surface area contributed by atoms with E-state index in [1.807, 2.05) is 6.92 Å². The number of aromatic nitrogens is 1. The van der Waals surface area contributed by atoms with E-state index >= 15 is 0 Å². The van der Waals surface area contributed by atoms with Gasteiger partial charge in [0.15, 0.2) is 0 Å². The third-order valence-electron chi connectivity index (χ3n) is 3.01.